The van der Waals surface area contributed by atoms with Crippen LogP contribution in [0.1, 0.15) is 5.56 Å². The molecule has 0 saturated carbocycles. The fraction of sp³-hybridized carbons (Fsp3) is 0.179. The molecule has 198 valence electrons. The Balaban J connectivity index is 1.37. The normalized spacial score (nSPS) is 14.3. The second-order valence-electron chi connectivity index (χ2n) is 9.34. The summed E-state index contributed by atoms with van der Waals surface area (Å²) in [5, 5.41) is 6.65. The van der Waals surface area contributed by atoms with Gasteiger partial charge >= 0.3 is 0 Å². The first kappa shape index (κ1) is 25.8. The van der Waals surface area contributed by atoms with Crippen LogP contribution in [0.5, 0.6) is 0 Å². The van der Waals surface area contributed by atoms with E-state index in [1.807, 2.05) is 24.3 Å². The maximum Gasteiger partial charge on any atom is 0.228 e. The summed E-state index contributed by atoms with van der Waals surface area (Å²) >= 11 is 18.4. The number of halogens is 4. The summed E-state index contributed by atoms with van der Waals surface area (Å²) < 4.78 is 16.6. The molecule has 1 fully saturated rings. The number of nitrogens with two attached hydrogens (primary N) is 1. The van der Waals surface area contributed by atoms with E-state index in [0.717, 1.165) is 24.7 Å². The standard InChI is InChI=1S/C28H23Cl3FN7/c29-18-7-5-17(6-8-18)16-37-11-13-38(14-12-37)28-34-25(20-3-1-2-4-23(20)32)24-26(33)39(36-27(24)35-28)19-9-10-21(30)22(31)15-19/h1-10,15H,11-14,16,33H2. The van der Waals surface area contributed by atoms with E-state index in [1.165, 1.54) is 16.3 Å². The lowest BCUT2D eigenvalue weighted by atomic mass is 10.1. The van der Waals surface area contributed by atoms with Crippen LogP contribution in [0.15, 0.2) is 66.7 Å². The zero-order valence-corrected chi connectivity index (χ0v) is 22.9. The van der Waals surface area contributed by atoms with E-state index in [9.17, 15) is 0 Å². The minimum absolute atomic E-state index is 0.279. The number of nitrogens with zero attached hydrogens (tertiary/aromatic N) is 6. The first-order valence-corrected chi connectivity index (χ1v) is 13.5. The van der Waals surface area contributed by atoms with Crippen LogP contribution < -0.4 is 10.6 Å². The minimum atomic E-state index is -0.405. The van der Waals surface area contributed by atoms with E-state index >= 15 is 4.39 Å². The lowest BCUT2D eigenvalue weighted by molar-refractivity contribution is 0.249. The fourth-order valence-corrected chi connectivity index (χ4v) is 5.18. The van der Waals surface area contributed by atoms with E-state index in [1.54, 1.807) is 36.4 Å². The first-order chi connectivity index (χ1) is 18.9. The number of anilines is 2. The lowest BCUT2D eigenvalue weighted by Crippen LogP contribution is -2.46. The van der Waals surface area contributed by atoms with Crippen molar-refractivity contribution in [3.63, 3.8) is 0 Å². The monoisotopic (exact) mass is 581 g/mol. The van der Waals surface area contributed by atoms with Gasteiger partial charge in [-0.25, -0.2) is 14.1 Å². The van der Waals surface area contributed by atoms with Gasteiger partial charge in [0.25, 0.3) is 0 Å². The van der Waals surface area contributed by atoms with Crippen molar-refractivity contribution < 1.29 is 4.39 Å². The van der Waals surface area contributed by atoms with Crippen molar-refractivity contribution in [2.75, 3.05) is 36.8 Å². The van der Waals surface area contributed by atoms with Gasteiger partial charge in [0.1, 0.15) is 11.6 Å². The van der Waals surface area contributed by atoms with E-state index < -0.39 is 5.82 Å². The molecule has 39 heavy (non-hydrogen) atoms. The van der Waals surface area contributed by atoms with Gasteiger partial charge in [-0.05, 0) is 48.0 Å². The zero-order valence-electron chi connectivity index (χ0n) is 20.7. The molecule has 1 saturated heterocycles. The zero-order chi connectivity index (χ0) is 27.1. The number of hydrogen-bond acceptors (Lipinski definition) is 6. The molecule has 5 aromatic rings. The van der Waals surface area contributed by atoms with Crippen LogP contribution in [0.3, 0.4) is 0 Å². The number of nitrogen functional groups attached to an aromatic ring is 1. The second-order valence-corrected chi connectivity index (χ2v) is 10.6. The van der Waals surface area contributed by atoms with Gasteiger partial charge in [0.05, 0.1) is 26.8 Å². The largest absolute Gasteiger partial charge is 0.383 e. The molecule has 0 radical (unpaired) electrons. The Morgan fingerprint density at radius 2 is 1.59 bits per heavy atom. The Kier molecular flexibility index (Phi) is 7.03. The smallest absolute Gasteiger partial charge is 0.228 e. The van der Waals surface area contributed by atoms with E-state index in [0.29, 0.717) is 57.1 Å². The molecular formula is C28H23Cl3FN7. The summed E-state index contributed by atoms with van der Waals surface area (Å²) in [7, 11) is 0. The molecule has 1 aliphatic heterocycles. The highest BCUT2D eigenvalue weighted by Gasteiger charge is 2.25. The van der Waals surface area contributed by atoms with Crippen LogP contribution in [0.25, 0.3) is 28.0 Å². The average molecular weight is 583 g/mol. The van der Waals surface area contributed by atoms with Crippen LogP contribution in [-0.2, 0) is 6.54 Å². The average Bonchev–Trinajstić information content (AvgIpc) is 3.28. The third-order valence-corrected chi connectivity index (χ3v) is 7.80. The Bertz CT molecular complexity index is 1660. The molecule has 0 unspecified atom stereocenters. The van der Waals surface area contributed by atoms with Gasteiger partial charge in [-0.3, -0.25) is 4.90 Å². The summed E-state index contributed by atoms with van der Waals surface area (Å²) in [4.78, 5) is 14.1. The fourth-order valence-electron chi connectivity index (χ4n) is 4.76. The molecule has 7 nitrogen and oxygen atoms in total. The maximum absolute atomic E-state index is 15.0. The number of hydrogen-bond donors (Lipinski definition) is 1. The number of rotatable bonds is 5. The number of benzene rings is 3. The van der Waals surface area contributed by atoms with Crippen LogP contribution in [0, 0.1) is 5.82 Å². The van der Waals surface area contributed by atoms with Gasteiger partial charge in [-0.1, -0.05) is 59.1 Å². The highest BCUT2D eigenvalue weighted by Crippen LogP contribution is 2.35. The summed E-state index contributed by atoms with van der Waals surface area (Å²) in [6.07, 6.45) is 0. The molecular weight excluding hydrogens is 560 g/mol. The van der Waals surface area contributed by atoms with Crippen molar-refractivity contribution in [3.05, 3.63) is 93.2 Å². The Morgan fingerprint density at radius 3 is 2.31 bits per heavy atom. The number of fused-ring (bicyclic) bond motifs is 1. The highest BCUT2D eigenvalue weighted by atomic mass is 35.5. The molecule has 6 rings (SSSR count). The van der Waals surface area contributed by atoms with Crippen LogP contribution >= 0.6 is 34.8 Å². The SMILES string of the molecule is Nc1c2c(-c3ccccc3F)nc(N3CCN(Cc4ccc(Cl)cc4)CC3)nc2nn1-c1ccc(Cl)c(Cl)c1. The molecule has 2 aromatic heterocycles. The molecule has 0 atom stereocenters. The predicted molar refractivity (Wildman–Crippen MR) is 155 cm³/mol. The lowest BCUT2D eigenvalue weighted by Gasteiger charge is -2.34. The number of aromatic nitrogens is 4. The molecule has 0 amide bonds. The summed E-state index contributed by atoms with van der Waals surface area (Å²) in [6, 6.07) is 19.5. The van der Waals surface area contributed by atoms with Crippen molar-refractivity contribution in [2.24, 2.45) is 0 Å². The Labute approximate surface area is 239 Å². The molecule has 3 aromatic carbocycles. The van der Waals surface area contributed by atoms with Gasteiger partial charge in [0, 0.05) is 43.3 Å². The predicted octanol–water partition coefficient (Wildman–Crippen LogP) is 6.49. The highest BCUT2D eigenvalue weighted by molar-refractivity contribution is 6.42. The van der Waals surface area contributed by atoms with Crippen LogP contribution in [0.4, 0.5) is 16.2 Å². The minimum Gasteiger partial charge on any atom is -0.383 e. The molecule has 3 heterocycles. The third-order valence-electron chi connectivity index (χ3n) is 6.81. The van der Waals surface area contributed by atoms with Crippen molar-refractivity contribution in [1.82, 2.24) is 24.6 Å². The van der Waals surface area contributed by atoms with Crippen molar-refractivity contribution in [1.29, 1.82) is 0 Å². The first-order valence-electron chi connectivity index (χ1n) is 12.4. The molecule has 11 heteroatoms. The van der Waals surface area contributed by atoms with Gasteiger partial charge < -0.3 is 10.6 Å². The van der Waals surface area contributed by atoms with Gasteiger partial charge in [-0.2, -0.15) is 4.98 Å². The molecule has 2 N–H and O–H groups in total. The van der Waals surface area contributed by atoms with Crippen LogP contribution in [-0.4, -0.2) is 50.8 Å². The second kappa shape index (κ2) is 10.6. The number of piperazine rings is 1. The third kappa shape index (κ3) is 5.13. The van der Waals surface area contributed by atoms with E-state index in [2.05, 4.69) is 14.9 Å². The van der Waals surface area contributed by atoms with Gasteiger partial charge in [0.2, 0.25) is 5.95 Å². The summed E-state index contributed by atoms with van der Waals surface area (Å²) in [5.41, 5.74) is 9.46. The molecule has 0 bridgehead atoms. The van der Waals surface area contributed by atoms with Crippen molar-refractivity contribution >= 4 is 57.6 Å². The van der Waals surface area contributed by atoms with Gasteiger partial charge in [-0.15, -0.1) is 5.10 Å². The maximum atomic E-state index is 15.0. The topological polar surface area (TPSA) is 76.1 Å². The van der Waals surface area contributed by atoms with Crippen molar-refractivity contribution in [3.8, 4) is 16.9 Å². The van der Waals surface area contributed by atoms with Gasteiger partial charge in [0.15, 0.2) is 5.65 Å². The molecule has 1 aliphatic rings. The summed E-state index contributed by atoms with van der Waals surface area (Å²) in [6.45, 7) is 3.88. The Hall–Kier alpha value is -3.43. The summed E-state index contributed by atoms with van der Waals surface area (Å²) in [5.74, 6) is 0.351. The van der Waals surface area contributed by atoms with Crippen LogP contribution in [0.2, 0.25) is 15.1 Å². The van der Waals surface area contributed by atoms with E-state index in [4.69, 9.17) is 50.5 Å². The molecule has 0 aliphatic carbocycles. The molecule has 0 spiro atoms. The van der Waals surface area contributed by atoms with Crippen molar-refractivity contribution in [2.45, 2.75) is 6.54 Å². The Morgan fingerprint density at radius 1 is 0.846 bits per heavy atom. The quantitative estimate of drug-likeness (QED) is 0.255. The van der Waals surface area contributed by atoms with E-state index in [-0.39, 0.29) is 5.82 Å².